The summed E-state index contributed by atoms with van der Waals surface area (Å²) in [6.07, 6.45) is -4.44. The van der Waals surface area contributed by atoms with Gasteiger partial charge in [-0.15, -0.1) is 0 Å². The number of halogens is 7. The average molecular weight is 648 g/mol. The molecule has 3 aromatic carbocycles. The molecule has 0 radical (unpaired) electrons. The summed E-state index contributed by atoms with van der Waals surface area (Å²) in [6, 6.07) is 18.3. The SMILES string of the molecule is FC(F)(F)c1cc[c]([Bi]([Cl])([Cl])([c]2ccc(Cl)cc2)[c]2ccc(Cl)cc2)cc1. The van der Waals surface area contributed by atoms with Crippen molar-refractivity contribution in [2.24, 2.45) is 0 Å². The first kappa shape index (κ1) is 21.2. The van der Waals surface area contributed by atoms with Crippen LogP contribution in [0.3, 0.4) is 0 Å². The van der Waals surface area contributed by atoms with Crippen LogP contribution in [0.5, 0.6) is 0 Å². The van der Waals surface area contributed by atoms with E-state index >= 15 is 0 Å². The summed E-state index contributed by atoms with van der Waals surface area (Å²) in [5, 5.41) is 1.02. The molecule has 0 N–H and O–H groups in total. The summed E-state index contributed by atoms with van der Waals surface area (Å²) in [6.45, 7) is 0. The van der Waals surface area contributed by atoms with Gasteiger partial charge in [-0.2, -0.15) is 0 Å². The molecule has 142 valence electrons. The Bertz CT molecular complexity index is 901. The normalized spacial score (nSPS) is 13.8. The summed E-state index contributed by atoms with van der Waals surface area (Å²) >= 11 is 6.74. The number of benzene rings is 3. The van der Waals surface area contributed by atoms with Crippen molar-refractivity contribution in [1.29, 1.82) is 0 Å². The van der Waals surface area contributed by atoms with Gasteiger partial charge in [0, 0.05) is 0 Å². The van der Waals surface area contributed by atoms with Crippen LogP contribution in [-0.2, 0) is 6.18 Å². The van der Waals surface area contributed by atoms with Crippen molar-refractivity contribution in [3.63, 3.8) is 0 Å². The van der Waals surface area contributed by atoms with E-state index in [1.54, 1.807) is 48.5 Å². The molecule has 3 aromatic rings. The van der Waals surface area contributed by atoms with Crippen LogP contribution in [0.15, 0.2) is 72.8 Å². The number of alkyl halides is 3. The summed E-state index contributed by atoms with van der Waals surface area (Å²) in [5.74, 6) is 0. The third-order valence-electron chi connectivity index (χ3n) is 4.21. The van der Waals surface area contributed by atoms with E-state index in [1.807, 2.05) is 0 Å². The first-order chi connectivity index (χ1) is 12.5. The molecule has 0 bridgehead atoms. The van der Waals surface area contributed by atoms with Crippen LogP contribution in [0.4, 0.5) is 13.2 Å². The van der Waals surface area contributed by atoms with Gasteiger partial charge in [-0.05, 0) is 0 Å². The van der Waals surface area contributed by atoms with Gasteiger partial charge >= 0.3 is 174 Å². The van der Waals surface area contributed by atoms with Gasteiger partial charge < -0.3 is 0 Å². The van der Waals surface area contributed by atoms with Crippen LogP contribution >= 0.6 is 40.2 Å². The van der Waals surface area contributed by atoms with E-state index in [-0.39, 0.29) is 0 Å². The molecule has 0 nitrogen and oxygen atoms in total. The molecule has 0 fully saturated rings. The van der Waals surface area contributed by atoms with E-state index in [2.05, 4.69) is 0 Å². The Morgan fingerprint density at radius 3 is 1.15 bits per heavy atom. The van der Waals surface area contributed by atoms with Crippen LogP contribution in [0.25, 0.3) is 0 Å². The van der Waals surface area contributed by atoms with Crippen molar-refractivity contribution >= 4 is 66.4 Å². The first-order valence-corrected chi connectivity index (χ1v) is 22.2. The average Bonchev–Trinajstić information content (AvgIpc) is 2.62. The van der Waals surface area contributed by atoms with Crippen LogP contribution in [0, 0.1) is 0 Å². The Balaban J connectivity index is 2.27. The minimum atomic E-state index is -5.24. The second kappa shape index (κ2) is 7.39. The molecule has 0 spiro atoms. The number of hydrogen-bond acceptors (Lipinski definition) is 0. The zero-order chi connectivity index (χ0) is 19.9. The molecule has 0 aliphatic rings. The molecule has 3 rings (SSSR count). The van der Waals surface area contributed by atoms with E-state index in [0.29, 0.717) is 19.9 Å². The van der Waals surface area contributed by atoms with E-state index in [9.17, 15) is 13.2 Å². The predicted octanol–water partition coefficient (Wildman–Crippen LogP) is 5.91. The Kier molecular flexibility index (Phi) is 5.80. The molecule has 0 aliphatic heterocycles. The standard InChI is InChI=1S/C7H4F3.2C6H4Cl.Bi.2ClH/c8-7(9,10)6-4-2-1-3-5-6;2*7-6-4-2-1-3-5-6;;;/h2-5H;2*2-5H;;2*1H/q;;;+2;;/p-2. The maximum absolute atomic E-state index is 13.0. The van der Waals surface area contributed by atoms with Gasteiger partial charge in [-0.3, -0.25) is 0 Å². The molecule has 0 aliphatic carbocycles. The van der Waals surface area contributed by atoms with Crippen LogP contribution in [-0.4, -0.2) is 16.4 Å². The molecule has 0 unspecified atom stereocenters. The second-order valence-electron chi connectivity index (χ2n) is 5.90. The van der Waals surface area contributed by atoms with Crippen molar-refractivity contribution in [2.75, 3.05) is 0 Å². The molecule has 0 saturated heterocycles. The van der Waals surface area contributed by atoms with Gasteiger partial charge in [0.25, 0.3) is 0 Å². The monoisotopic (exact) mass is 646 g/mol. The summed E-state index contributed by atoms with van der Waals surface area (Å²) in [4.78, 5) is 0. The topological polar surface area (TPSA) is 0 Å². The Morgan fingerprint density at radius 1 is 0.556 bits per heavy atom. The van der Waals surface area contributed by atoms with Gasteiger partial charge in [0.15, 0.2) is 0 Å². The van der Waals surface area contributed by atoms with Gasteiger partial charge in [0.2, 0.25) is 0 Å². The fourth-order valence-corrected chi connectivity index (χ4v) is 20.3. The molecule has 8 heteroatoms. The minimum absolute atomic E-state index is 0.474. The molecule has 0 atom stereocenters. The molecular formula is C19H12BiCl4F3. The summed E-state index contributed by atoms with van der Waals surface area (Å²) in [5.41, 5.74) is -0.760. The molecule has 0 amide bonds. The van der Waals surface area contributed by atoms with Gasteiger partial charge in [-0.25, -0.2) is 0 Å². The molecule has 0 aromatic heterocycles. The van der Waals surface area contributed by atoms with Crippen LogP contribution in [0.1, 0.15) is 5.56 Å². The number of hydrogen-bond donors (Lipinski definition) is 0. The third kappa shape index (κ3) is 3.98. The first-order valence-electron chi connectivity index (χ1n) is 7.67. The zero-order valence-electron chi connectivity index (χ0n) is 13.5. The molecular weight excluding hydrogens is 636 g/mol. The van der Waals surface area contributed by atoms with Gasteiger partial charge in [-0.1, -0.05) is 0 Å². The fraction of sp³-hybridized carbons (Fsp3) is 0.0526. The van der Waals surface area contributed by atoms with Crippen molar-refractivity contribution in [1.82, 2.24) is 0 Å². The maximum atomic E-state index is 13.0. The summed E-state index contributed by atoms with van der Waals surface area (Å²) < 4.78 is 40.7. The fourth-order valence-electron chi connectivity index (χ4n) is 2.77. The van der Waals surface area contributed by atoms with E-state index in [4.69, 9.17) is 40.2 Å². The third-order valence-corrected chi connectivity index (χ3v) is 29.0. The Morgan fingerprint density at radius 2 is 0.852 bits per heavy atom. The second-order valence-corrected chi connectivity index (χ2v) is 33.2. The van der Waals surface area contributed by atoms with Crippen molar-refractivity contribution < 1.29 is 13.2 Å². The van der Waals surface area contributed by atoms with E-state index in [0.717, 1.165) is 12.1 Å². The van der Waals surface area contributed by atoms with Crippen molar-refractivity contribution in [3.05, 3.63) is 88.4 Å². The van der Waals surface area contributed by atoms with E-state index in [1.165, 1.54) is 12.1 Å². The molecule has 0 saturated carbocycles. The quantitative estimate of drug-likeness (QED) is 0.311. The van der Waals surface area contributed by atoms with Crippen LogP contribution < -0.4 is 9.81 Å². The van der Waals surface area contributed by atoms with Crippen molar-refractivity contribution in [3.8, 4) is 0 Å². The number of rotatable bonds is 3. The summed E-state index contributed by atoms with van der Waals surface area (Å²) in [7, 11) is 14.5. The van der Waals surface area contributed by atoms with Gasteiger partial charge in [0.1, 0.15) is 0 Å². The predicted molar refractivity (Wildman–Crippen MR) is 111 cm³/mol. The van der Waals surface area contributed by atoms with Crippen molar-refractivity contribution in [2.45, 2.75) is 6.18 Å². The zero-order valence-corrected chi connectivity index (χ0v) is 20.0. The van der Waals surface area contributed by atoms with E-state index < -0.39 is 28.1 Å². The molecule has 27 heavy (non-hydrogen) atoms. The Labute approximate surface area is 173 Å². The van der Waals surface area contributed by atoms with Gasteiger partial charge in [0.05, 0.1) is 0 Å². The Hall–Kier alpha value is -0.507. The molecule has 0 heterocycles. The van der Waals surface area contributed by atoms with Crippen LogP contribution in [0.2, 0.25) is 10.0 Å².